The molecule has 0 bridgehead atoms. The fourth-order valence-electron chi connectivity index (χ4n) is 2.43. The molecule has 0 amide bonds. The van der Waals surface area contributed by atoms with Crippen LogP contribution in [0.5, 0.6) is 0 Å². The molecule has 0 aliphatic heterocycles. The van der Waals surface area contributed by atoms with Gasteiger partial charge in [-0.15, -0.1) is 0 Å². The standard InChI is InChI=1S/C15H12ClN5OS/c1-20-4-5-21-14(15(20)22)12(7-18-21)19-23-13-8-17-11-6-9(16)2-3-10(11)13/h2-8,17,19H,1H3. The Morgan fingerprint density at radius 2 is 2.22 bits per heavy atom. The fraction of sp³-hybridized carbons (Fsp3) is 0.0667. The minimum absolute atomic E-state index is 0.0983. The number of hydrogen-bond acceptors (Lipinski definition) is 4. The van der Waals surface area contributed by atoms with E-state index >= 15 is 0 Å². The zero-order valence-electron chi connectivity index (χ0n) is 12.1. The smallest absolute Gasteiger partial charge is 0.278 e. The molecule has 0 radical (unpaired) electrons. The van der Waals surface area contributed by atoms with Gasteiger partial charge in [0.2, 0.25) is 0 Å². The van der Waals surface area contributed by atoms with E-state index in [-0.39, 0.29) is 5.56 Å². The lowest BCUT2D eigenvalue weighted by Gasteiger charge is -2.03. The molecule has 4 rings (SSSR count). The highest BCUT2D eigenvalue weighted by Gasteiger charge is 2.11. The van der Waals surface area contributed by atoms with Gasteiger partial charge in [-0.05, 0) is 24.1 Å². The molecule has 1 aromatic carbocycles. The van der Waals surface area contributed by atoms with Crippen LogP contribution in [0.3, 0.4) is 0 Å². The highest BCUT2D eigenvalue weighted by atomic mass is 35.5. The zero-order valence-corrected chi connectivity index (χ0v) is 13.6. The summed E-state index contributed by atoms with van der Waals surface area (Å²) >= 11 is 7.42. The molecule has 23 heavy (non-hydrogen) atoms. The van der Waals surface area contributed by atoms with Gasteiger partial charge in [0.05, 0.1) is 16.8 Å². The van der Waals surface area contributed by atoms with E-state index in [0.717, 1.165) is 15.8 Å². The Hall–Kier alpha value is -2.38. The van der Waals surface area contributed by atoms with Gasteiger partial charge in [0.1, 0.15) is 0 Å². The van der Waals surface area contributed by atoms with E-state index in [0.29, 0.717) is 16.2 Å². The Morgan fingerprint density at radius 3 is 3.09 bits per heavy atom. The van der Waals surface area contributed by atoms with Crippen LogP contribution in [0.4, 0.5) is 5.69 Å². The second kappa shape index (κ2) is 5.36. The summed E-state index contributed by atoms with van der Waals surface area (Å²) in [6.45, 7) is 0. The number of H-pyrrole nitrogens is 1. The molecule has 6 nitrogen and oxygen atoms in total. The van der Waals surface area contributed by atoms with E-state index in [2.05, 4.69) is 14.8 Å². The Balaban J connectivity index is 1.69. The van der Waals surface area contributed by atoms with Crippen molar-refractivity contribution in [2.24, 2.45) is 7.05 Å². The molecule has 0 aliphatic rings. The summed E-state index contributed by atoms with van der Waals surface area (Å²) in [7, 11) is 1.72. The highest BCUT2D eigenvalue weighted by molar-refractivity contribution is 8.00. The van der Waals surface area contributed by atoms with E-state index in [4.69, 9.17) is 11.6 Å². The number of hydrogen-bond donors (Lipinski definition) is 2. The average molecular weight is 346 g/mol. The molecule has 4 aromatic rings. The second-order valence-electron chi connectivity index (χ2n) is 5.11. The third-order valence-corrected chi connectivity index (χ3v) is 4.74. The number of aromatic nitrogens is 4. The maximum atomic E-state index is 12.3. The van der Waals surface area contributed by atoms with Gasteiger partial charge in [0.15, 0.2) is 5.52 Å². The molecule has 116 valence electrons. The predicted molar refractivity (Wildman–Crippen MR) is 93.2 cm³/mol. The van der Waals surface area contributed by atoms with Gasteiger partial charge in [0.25, 0.3) is 5.56 Å². The normalized spacial score (nSPS) is 11.4. The molecule has 0 saturated carbocycles. The van der Waals surface area contributed by atoms with Crippen molar-refractivity contribution in [1.82, 2.24) is 19.2 Å². The number of fused-ring (bicyclic) bond motifs is 2. The van der Waals surface area contributed by atoms with Crippen molar-refractivity contribution >= 4 is 45.7 Å². The van der Waals surface area contributed by atoms with E-state index < -0.39 is 0 Å². The maximum Gasteiger partial charge on any atom is 0.278 e. The molecule has 0 fully saturated rings. The number of rotatable bonds is 3. The van der Waals surface area contributed by atoms with Crippen molar-refractivity contribution in [3.05, 3.63) is 58.4 Å². The molecule has 3 heterocycles. The van der Waals surface area contributed by atoms with Gasteiger partial charge >= 0.3 is 0 Å². The van der Waals surface area contributed by atoms with Crippen LogP contribution >= 0.6 is 23.5 Å². The van der Waals surface area contributed by atoms with Crippen molar-refractivity contribution in [3.63, 3.8) is 0 Å². The van der Waals surface area contributed by atoms with Crippen LogP contribution < -0.4 is 10.3 Å². The second-order valence-corrected chi connectivity index (χ2v) is 6.40. The Bertz CT molecular complexity index is 1080. The van der Waals surface area contributed by atoms with E-state index in [1.54, 1.807) is 30.2 Å². The van der Waals surface area contributed by atoms with Crippen LogP contribution in [-0.2, 0) is 7.05 Å². The van der Waals surface area contributed by atoms with Crippen molar-refractivity contribution in [2.45, 2.75) is 4.90 Å². The number of anilines is 1. The lowest BCUT2D eigenvalue weighted by atomic mass is 10.2. The van der Waals surface area contributed by atoms with Gasteiger partial charge in [-0.25, -0.2) is 4.52 Å². The van der Waals surface area contributed by atoms with Crippen molar-refractivity contribution in [2.75, 3.05) is 4.72 Å². The SMILES string of the molecule is Cn1ccn2ncc(NSc3c[nH]c4cc(Cl)ccc34)c2c1=O. The van der Waals surface area contributed by atoms with Crippen LogP contribution in [0, 0.1) is 0 Å². The molecular formula is C15H12ClN5OS. The van der Waals surface area contributed by atoms with Crippen LogP contribution in [0.25, 0.3) is 16.4 Å². The zero-order chi connectivity index (χ0) is 16.0. The first kappa shape index (κ1) is 14.2. The van der Waals surface area contributed by atoms with E-state index in [9.17, 15) is 4.79 Å². The summed E-state index contributed by atoms with van der Waals surface area (Å²) in [6, 6.07) is 5.70. The number of nitrogens with zero attached hydrogens (tertiary/aromatic N) is 3. The van der Waals surface area contributed by atoms with E-state index in [1.165, 1.54) is 16.5 Å². The topological polar surface area (TPSA) is 67.1 Å². The molecule has 2 N–H and O–H groups in total. The summed E-state index contributed by atoms with van der Waals surface area (Å²) < 4.78 is 6.31. The van der Waals surface area contributed by atoms with Crippen LogP contribution in [0.1, 0.15) is 0 Å². The Labute approximate surface area is 140 Å². The van der Waals surface area contributed by atoms with Crippen molar-refractivity contribution < 1.29 is 0 Å². The first-order valence-electron chi connectivity index (χ1n) is 6.86. The minimum atomic E-state index is -0.0983. The molecular weight excluding hydrogens is 334 g/mol. The van der Waals surface area contributed by atoms with Gasteiger partial charge < -0.3 is 14.3 Å². The van der Waals surface area contributed by atoms with Gasteiger partial charge in [-0.1, -0.05) is 17.7 Å². The third kappa shape index (κ3) is 2.38. The summed E-state index contributed by atoms with van der Waals surface area (Å²) in [4.78, 5) is 16.5. The largest absolute Gasteiger partial charge is 0.360 e. The number of aryl methyl sites for hydroxylation is 1. The molecule has 3 aromatic heterocycles. The highest BCUT2D eigenvalue weighted by Crippen LogP contribution is 2.30. The summed E-state index contributed by atoms with van der Waals surface area (Å²) in [5, 5.41) is 5.95. The molecule has 0 saturated heterocycles. The van der Waals surface area contributed by atoms with Crippen molar-refractivity contribution in [3.8, 4) is 0 Å². The number of aromatic amines is 1. The van der Waals surface area contributed by atoms with Crippen LogP contribution in [0.2, 0.25) is 5.02 Å². The molecule has 0 unspecified atom stereocenters. The first-order chi connectivity index (χ1) is 11.1. The molecule has 0 aliphatic carbocycles. The van der Waals surface area contributed by atoms with Crippen molar-refractivity contribution in [1.29, 1.82) is 0 Å². The van der Waals surface area contributed by atoms with Crippen LogP contribution in [0.15, 0.2) is 52.7 Å². The first-order valence-corrected chi connectivity index (χ1v) is 8.05. The summed E-state index contributed by atoms with van der Waals surface area (Å²) in [5.74, 6) is 0. The lowest BCUT2D eigenvalue weighted by molar-refractivity contribution is 0.820. The van der Waals surface area contributed by atoms with Crippen LogP contribution in [-0.4, -0.2) is 19.2 Å². The average Bonchev–Trinajstić information content (AvgIpc) is 3.12. The Morgan fingerprint density at radius 1 is 1.35 bits per heavy atom. The number of halogens is 1. The summed E-state index contributed by atoms with van der Waals surface area (Å²) in [6.07, 6.45) is 6.99. The fourth-order valence-corrected chi connectivity index (χ4v) is 3.37. The number of nitrogens with one attached hydrogen (secondary N) is 2. The van der Waals surface area contributed by atoms with E-state index in [1.807, 2.05) is 24.4 Å². The third-order valence-electron chi connectivity index (χ3n) is 3.63. The van der Waals surface area contributed by atoms with Gasteiger partial charge in [0, 0.05) is 41.6 Å². The van der Waals surface area contributed by atoms with Gasteiger partial charge in [-0.3, -0.25) is 4.79 Å². The Kier molecular flexibility index (Phi) is 3.32. The molecule has 8 heteroatoms. The number of benzene rings is 1. The predicted octanol–water partition coefficient (Wildman–Crippen LogP) is 3.29. The molecule has 0 spiro atoms. The molecule has 0 atom stereocenters. The van der Waals surface area contributed by atoms with Gasteiger partial charge in [-0.2, -0.15) is 5.10 Å². The summed E-state index contributed by atoms with van der Waals surface area (Å²) in [5.41, 5.74) is 2.07. The minimum Gasteiger partial charge on any atom is -0.360 e. The monoisotopic (exact) mass is 345 g/mol. The quantitative estimate of drug-likeness (QED) is 0.559. The maximum absolute atomic E-state index is 12.3. The lowest BCUT2D eigenvalue weighted by Crippen LogP contribution is -2.18.